The molecule has 0 atom stereocenters. The summed E-state index contributed by atoms with van der Waals surface area (Å²) in [5, 5.41) is 4.97. The molecule has 0 aliphatic rings. The Bertz CT molecular complexity index is 608. The van der Waals surface area contributed by atoms with Crippen LogP contribution in [0.25, 0.3) is 0 Å². The smallest absolute Gasteiger partial charge is 0.255 e. The summed E-state index contributed by atoms with van der Waals surface area (Å²) >= 11 is 1.66. The van der Waals surface area contributed by atoms with Crippen molar-refractivity contribution in [1.82, 2.24) is 5.32 Å². The number of nitrogens with one attached hydrogen (secondary N) is 1. The summed E-state index contributed by atoms with van der Waals surface area (Å²) in [6.45, 7) is 2.64. The number of amides is 1. The van der Waals surface area contributed by atoms with Crippen LogP contribution in [-0.4, -0.2) is 13.0 Å². The molecule has 0 radical (unpaired) electrons. The lowest BCUT2D eigenvalue weighted by Gasteiger charge is -2.10. The third kappa shape index (κ3) is 3.11. The maximum Gasteiger partial charge on any atom is 0.255 e. The molecular formula is C15H18N2O2S. The molecule has 4 nitrogen and oxygen atoms in total. The fraction of sp³-hybridized carbons (Fsp3) is 0.267. The Morgan fingerprint density at radius 3 is 2.90 bits per heavy atom. The zero-order valence-electron chi connectivity index (χ0n) is 11.6. The molecule has 20 heavy (non-hydrogen) atoms. The Morgan fingerprint density at radius 1 is 1.40 bits per heavy atom. The molecule has 5 heteroatoms. The van der Waals surface area contributed by atoms with Gasteiger partial charge in [0.05, 0.1) is 19.2 Å². The second-order valence-electron chi connectivity index (χ2n) is 4.36. The van der Waals surface area contributed by atoms with Crippen LogP contribution in [0.4, 0.5) is 5.69 Å². The van der Waals surface area contributed by atoms with Crippen molar-refractivity contribution in [2.75, 3.05) is 12.8 Å². The summed E-state index contributed by atoms with van der Waals surface area (Å²) in [6, 6.07) is 7.12. The number of nitrogens with two attached hydrogens (primary N) is 1. The molecular weight excluding hydrogens is 272 g/mol. The van der Waals surface area contributed by atoms with Crippen molar-refractivity contribution in [3.8, 4) is 5.75 Å². The Morgan fingerprint density at radius 2 is 2.20 bits per heavy atom. The van der Waals surface area contributed by atoms with Crippen LogP contribution >= 0.6 is 11.3 Å². The van der Waals surface area contributed by atoms with Crippen LogP contribution in [0.3, 0.4) is 0 Å². The van der Waals surface area contributed by atoms with Crippen LogP contribution in [0, 0.1) is 0 Å². The summed E-state index contributed by atoms with van der Waals surface area (Å²) in [5.41, 5.74) is 8.03. The Labute approximate surface area is 122 Å². The maximum atomic E-state index is 12.2. The Kier molecular flexibility index (Phi) is 4.63. The fourth-order valence-corrected chi connectivity index (χ4v) is 2.90. The van der Waals surface area contributed by atoms with Gasteiger partial charge >= 0.3 is 0 Å². The lowest BCUT2D eigenvalue weighted by atomic mass is 10.1. The third-order valence-corrected chi connectivity index (χ3v) is 4.06. The van der Waals surface area contributed by atoms with Crippen molar-refractivity contribution in [2.45, 2.75) is 19.9 Å². The number of hydrogen-bond donors (Lipinski definition) is 2. The van der Waals surface area contributed by atoms with Gasteiger partial charge in [-0.1, -0.05) is 6.92 Å². The van der Waals surface area contributed by atoms with E-state index in [0.29, 0.717) is 23.5 Å². The minimum absolute atomic E-state index is 0.155. The van der Waals surface area contributed by atoms with Crippen LogP contribution < -0.4 is 15.8 Å². The summed E-state index contributed by atoms with van der Waals surface area (Å²) in [7, 11) is 1.53. The maximum absolute atomic E-state index is 12.2. The molecule has 1 aromatic heterocycles. The van der Waals surface area contributed by atoms with Gasteiger partial charge < -0.3 is 15.8 Å². The first-order valence-corrected chi connectivity index (χ1v) is 7.30. The molecule has 1 heterocycles. The minimum atomic E-state index is -0.155. The van der Waals surface area contributed by atoms with Crippen LogP contribution in [-0.2, 0) is 13.0 Å². The van der Waals surface area contributed by atoms with Gasteiger partial charge in [0.15, 0.2) is 0 Å². The molecule has 0 unspecified atom stereocenters. The first-order valence-electron chi connectivity index (χ1n) is 6.42. The average molecular weight is 290 g/mol. The van der Waals surface area contributed by atoms with E-state index in [9.17, 15) is 4.79 Å². The molecule has 0 aliphatic carbocycles. The van der Waals surface area contributed by atoms with E-state index in [1.165, 1.54) is 17.6 Å². The van der Waals surface area contributed by atoms with Gasteiger partial charge in [0.1, 0.15) is 5.75 Å². The number of hydrogen-bond acceptors (Lipinski definition) is 4. The highest BCUT2D eigenvalue weighted by molar-refractivity contribution is 7.10. The van der Waals surface area contributed by atoms with Crippen LogP contribution in [0.5, 0.6) is 5.75 Å². The van der Waals surface area contributed by atoms with Gasteiger partial charge in [-0.25, -0.2) is 0 Å². The first-order chi connectivity index (χ1) is 9.65. The largest absolute Gasteiger partial charge is 0.496 e. The number of benzene rings is 1. The number of ether oxygens (including phenoxy) is 1. The monoisotopic (exact) mass is 290 g/mol. The molecule has 2 aromatic rings. The predicted octanol–water partition coefficient (Wildman–Crippen LogP) is 2.83. The fourth-order valence-electron chi connectivity index (χ4n) is 1.99. The van der Waals surface area contributed by atoms with Crippen molar-refractivity contribution in [1.29, 1.82) is 0 Å². The van der Waals surface area contributed by atoms with Gasteiger partial charge in [-0.15, -0.1) is 11.3 Å². The zero-order valence-corrected chi connectivity index (χ0v) is 12.4. The molecule has 0 saturated heterocycles. The van der Waals surface area contributed by atoms with Crippen molar-refractivity contribution in [2.24, 2.45) is 0 Å². The molecule has 106 valence electrons. The number of rotatable bonds is 5. The van der Waals surface area contributed by atoms with Crippen LogP contribution in [0.2, 0.25) is 0 Å². The minimum Gasteiger partial charge on any atom is -0.496 e. The molecule has 1 aromatic carbocycles. The van der Waals surface area contributed by atoms with E-state index in [1.807, 2.05) is 5.38 Å². The normalized spacial score (nSPS) is 10.3. The number of aryl methyl sites for hydroxylation is 1. The summed E-state index contributed by atoms with van der Waals surface area (Å²) < 4.78 is 5.19. The van der Waals surface area contributed by atoms with Crippen LogP contribution in [0.15, 0.2) is 29.6 Å². The van der Waals surface area contributed by atoms with E-state index in [1.54, 1.807) is 29.5 Å². The first kappa shape index (κ1) is 14.4. The lowest BCUT2D eigenvalue weighted by Crippen LogP contribution is -2.23. The van der Waals surface area contributed by atoms with Gasteiger partial charge in [0, 0.05) is 16.6 Å². The standard InChI is InChI=1S/C15H18N2O2S/c1-3-10-6-7-20-14(10)9-17-15(18)12-5-4-11(16)8-13(12)19-2/h4-8H,3,9,16H2,1-2H3,(H,17,18). The Balaban J connectivity index is 2.09. The molecule has 0 bridgehead atoms. The van der Waals surface area contributed by atoms with Gasteiger partial charge in [-0.3, -0.25) is 4.79 Å². The van der Waals surface area contributed by atoms with E-state index in [2.05, 4.69) is 18.3 Å². The number of thiophene rings is 1. The van der Waals surface area contributed by atoms with Crippen LogP contribution in [0.1, 0.15) is 27.7 Å². The topological polar surface area (TPSA) is 64.4 Å². The summed E-state index contributed by atoms with van der Waals surface area (Å²) in [4.78, 5) is 13.4. The van der Waals surface area contributed by atoms with Gasteiger partial charge in [0.25, 0.3) is 5.91 Å². The lowest BCUT2D eigenvalue weighted by molar-refractivity contribution is 0.0948. The van der Waals surface area contributed by atoms with E-state index in [-0.39, 0.29) is 5.91 Å². The molecule has 1 amide bonds. The summed E-state index contributed by atoms with van der Waals surface area (Å²) in [5.74, 6) is 0.335. The van der Waals surface area contributed by atoms with Gasteiger partial charge in [0.2, 0.25) is 0 Å². The van der Waals surface area contributed by atoms with Crippen molar-refractivity contribution in [3.05, 3.63) is 45.6 Å². The van der Waals surface area contributed by atoms with Gasteiger partial charge in [-0.05, 0) is 35.6 Å². The number of methoxy groups -OCH3 is 1. The van der Waals surface area contributed by atoms with E-state index in [4.69, 9.17) is 10.5 Å². The third-order valence-electron chi connectivity index (χ3n) is 3.10. The zero-order chi connectivity index (χ0) is 14.5. The second-order valence-corrected chi connectivity index (χ2v) is 5.37. The average Bonchev–Trinajstić information content (AvgIpc) is 2.92. The molecule has 0 fully saturated rings. The van der Waals surface area contributed by atoms with Crippen molar-refractivity contribution in [3.63, 3.8) is 0 Å². The predicted molar refractivity (Wildman–Crippen MR) is 82.3 cm³/mol. The molecule has 0 aliphatic heterocycles. The summed E-state index contributed by atoms with van der Waals surface area (Å²) in [6.07, 6.45) is 0.972. The van der Waals surface area contributed by atoms with E-state index >= 15 is 0 Å². The quantitative estimate of drug-likeness (QED) is 0.832. The number of carbonyl (C=O) groups excluding carboxylic acids is 1. The Hall–Kier alpha value is -2.01. The SMILES string of the molecule is CCc1ccsc1CNC(=O)c1ccc(N)cc1OC. The highest BCUT2D eigenvalue weighted by Crippen LogP contribution is 2.22. The number of carbonyl (C=O) groups is 1. The molecule has 2 rings (SSSR count). The van der Waals surface area contributed by atoms with E-state index < -0.39 is 0 Å². The molecule has 0 spiro atoms. The number of anilines is 1. The highest BCUT2D eigenvalue weighted by atomic mass is 32.1. The molecule has 3 N–H and O–H groups in total. The number of nitrogen functional groups attached to an aromatic ring is 1. The van der Waals surface area contributed by atoms with Crippen molar-refractivity contribution < 1.29 is 9.53 Å². The van der Waals surface area contributed by atoms with Gasteiger partial charge in [-0.2, -0.15) is 0 Å². The molecule has 0 saturated carbocycles. The second kappa shape index (κ2) is 6.43. The van der Waals surface area contributed by atoms with Crippen molar-refractivity contribution >= 4 is 22.9 Å². The highest BCUT2D eigenvalue weighted by Gasteiger charge is 2.13. The van der Waals surface area contributed by atoms with E-state index in [0.717, 1.165) is 6.42 Å².